The number of halogens is 1. The van der Waals surface area contributed by atoms with Gasteiger partial charge < -0.3 is 15.2 Å². The van der Waals surface area contributed by atoms with Crippen LogP contribution in [0.25, 0.3) is 0 Å². The summed E-state index contributed by atoms with van der Waals surface area (Å²) in [7, 11) is 0. The molecule has 0 spiro atoms. The highest BCUT2D eigenvalue weighted by Gasteiger charge is 2.33. The molecule has 0 radical (unpaired) electrons. The Morgan fingerprint density at radius 3 is 2.29 bits per heavy atom. The third kappa shape index (κ3) is 6.04. The number of hydrogen-bond acceptors (Lipinski definition) is 3. The van der Waals surface area contributed by atoms with Crippen LogP contribution >= 0.6 is 11.6 Å². The van der Waals surface area contributed by atoms with Gasteiger partial charge in [0.2, 0.25) is 5.91 Å². The van der Waals surface area contributed by atoms with Crippen LogP contribution in [0.4, 0.5) is 5.69 Å². The monoisotopic (exact) mass is 399 g/mol. The Labute approximate surface area is 169 Å². The summed E-state index contributed by atoms with van der Waals surface area (Å²) in [5, 5.41) is 12.7. The van der Waals surface area contributed by atoms with E-state index in [1.165, 1.54) is 6.92 Å². The second-order valence-corrected chi connectivity index (χ2v) is 7.79. The van der Waals surface area contributed by atoms with Crippen LogP contribution in [0, 0.1) is 17.3 Å². The van der Waals surface area contributed by atoms with Crippen LogP contribution in [-0.4, -0.2) is 23.1 Å². The molecule has 0 aliphatic carbocycles. The number of rotatable bonds is 4. The minimum absolute atomic E-state index is 0.147. The number of carbonyl (C=O) groups is 2. The molecular weight excluding hydrogens is 378 g/mol. The smallest absolute Gasteiger partial charge is 0.345 e. The van der Waals surface area contributed by atoms with E-state index in [4.69, 9.17) is 16.3 Å². The van der Waals surface area contributed by atoms with Gasteiger partial charge in [-0.2, -0.15) is 0 Å². The van der Waals surface area contributed by atoms with Crippen molar-refractivity contribution < 1.29 is 19.4 Å². The number of hydrogen-bond donors (Lipinski definition) is 2. The lowest BCUT2D eigenvalue weighted by Gasteiger charge is -2.28. The van der Waals surface area contributed by atoms with Crippen LogP contribution < -0.4 is 10.1 Å². The second kappa shape index (κ2) is 8.81. The zero-order valence-electron chi connectivity index (χ0n) is 16.2. The van der Waals surface area contributed by atoms with Gasteiger partial charge in [-0.1, -0.05) is 44.2 Å². The molecule has 2 N–H and O–H groups in total. The van der Waals surface area contributed by atoms with Crippen molar-refractivity contribution in [2.75, 3.05) is 5.32 Å². The van der Waals surface area contributed by atoms with E-state index < -0.39 is 17.5 Å². The number of nitrogens with one attached hydrogen (secondary N) is 1. The number of carbonyl (C=O) groups excluding carboxylic acids is 1. The highest BCUT2D eigenvalue weighted by Crippen LogP contribution is 2.29. The first kappa shape index (κ1) is 21.3. The standard InChI is InChI=1S/C22H22ClNO4/c1-14(25)24-18-10-6-15(7-11-18)5-8-16-13-17(23)9-12-19(16)28-20(21(26)27)22(2,3)4/h6-7,9-13,20H,1-4H3,(H,24,25)(H,26,27). The van der Waals surface area contributed by atoms with Gasteiger partial charge in [0.25, 0.3) is 0 Å². The number of benzene rings is 2. The Hall–Kier alpha value is -2.97. The number of ether oxygens (including phenoxy) is 1. The molecule has 1 unspecified atom stereocenters. The maximum absolute atomic E-state index is 11.6. The Bertz CT molecular complexity index is 934. The van der Waals surface area contributed by atoms with E-state index in [0.717, 1.165) is 5.56 Å². The zero-order valence-corrected chi connectivity index (χ0v) is 16.9. The molecule has 146 valence electrons. The lowest BCUT2D eigenvalue weighted by Crippen LogP contribution is -2.39. The summed E-state index contributed by atoms with van der Waals surface area (Å²) in [5.74, 6) is 5.15. The molecule has 1 atom stereocenters. The van der Waals surface area contributed by atoms with Crippen molar-refractivity contribution in [3.8, 4) is 17.6 Å². The normalized spacial score (nSPS) is 11.8. The maximum Gasteiger partial charge on any atom is 0.345 e. The molecule has 0 aliphatic rings. The Balaban J connectivity index is 2.32. The molecule has 1 amide bonds. The van der Waals surface area contributed by atoms with Crippen molar-refractivity contribution in [3.63, 3.8) is 0 Å². The van der Waals surface area contributed by atoms with Gasteiger partial charge in [-0.05, 0) is 42.5 Å². The van der Waals surface area contributed by atoms with E-state index in [0.29, 0.717) is 22.0 Å². The van der Waals surface area contributed by atoms with E-state index in [1.807, 2.05) is 0 Å². The van der Waals surface area contributed by atoms with E-state index >= 15 is 0 Å². The third-order valence-electron chi connectivity index (χ3n) is 3.74. The fourth-order valence-corrected chi connectivity index (χ4v) is 2.58. The van der Waals surface area contributed by atoms with Gasteiger partial charge in [0, 0.05) is 28.6 Å². The fourth-order valence-electron chi connectivity index (χ4n) is 2.41. The predicted octanol–water partition coefficient (Wildman–Crippen LogP) is 4.58. The molecule has 28 heavy (non-hydrogen) atoms. The molecule has 0 aromatic heterocycles. The Morgan fingerprint density at radius 2 is 1.75 bits per heavy atom. The highest BCUT2D eigenvalue weighted by atomic mass is 35.5. The van der Waals surface area contributed by atoms with Crippen molar-refractivity contribution in [2.45, 2.75) is 33.8 Å². The van der Waals surface area contributed by atoms with Crippen LogP contribution in [0.5, 0.6) is 5.75 Å². The number of carboxylic acid groups (broad SMARTS) is 1. The van der Waals surface area contributed by atoms with Gasteiger partial charge in [-0.3, -0.25) is 4.79 Å². The second-order valence-electron chi connectivity index (χ2n) is 7.35. The maximum atomic E-state index is 11.6. The zero-order chi connectivity index (χ0) is 20.9. The molecule has 6 heteroatoms. The minimum Gasteiger partial charge on any atom is -0.478 e. The SMILES string of the molecule is CC(=O)Nc1ccc(C#Cc2cc(Cl)ccc2OC(C(=O)O)C(C)(C)C)cc1. The van der Waals surface area contributed by atoms with Gasteiger partial charge in [0.15, 0.2) is 6.10 Å². The molecule has 2 aromatic rings. The van der Waals surface area contributed by atoms with Crippen molar-refractivity contribution in [2.24, 2.45) is 5.41 Å². The summed E-state index contributed by atoms with van der Waals surface area (Å²) in [5.41, 5.74) is 1.30. The Morgan fingerprint density at radius 1 is 1.11 bits per heavy atom. The first-order valence-electron chi connectivity index (χ1n) is 8.65. The quantitative estimate of drug-likeness (QED) is 0.738. The average molecular weight is 400 g/mol. The minimum atomic E-state index is -1.05. The van der Waals surface area contributed by atoms with Crippen molar-refractivity contribution in [1.82, 2.24) is 0 Å². The molecule has 0 bridgehead atoms. The number of carboxylic acids is 1. The van der Waals surface area contributed by atoms with Crippen molar-refractivity contribution >= 4 is 29.2 Å². The predicted molar refractivity (Wildman–Crippen MR) is 110 cm³/mol. The molecule has 0 aliphatic heterocycles. The molecular formula is C22H22ClNO4. The fraction of sp³-hybridized carbons (Fsp3) is 0.273. The van der Waals surface area contributed by atoms with Gasteiger partial charge >= 0.3 is 5.97 Å². The molecule has 5 nitrogen and oxygen atoms in total. The van der Waals surface area contributed by atoms with Gasteiger partial charge in [-0.15, -0.1) is 0 Å². The first-order valence-corrected chi connectivity index (χ1v) is 9.03. The molecule has 0 saturated heterocycles. The van der Waals surface area contributed by atoms with Crippen LogP contribution in [0.2, 0.25) is 5.02 Å². The summed E-state index contributed by atoms with van der Waals surface area (Å²) in [6.45, 7) is 6.83. The Kier molecular flexibility index (Phi) is 6.71. The van der Waals surface area contributed by atoms with E-state index in [2.05, 4.69) is 17.2 Å². The molecule has 0 fully saturated rings. The van der Waals surface area contributed by atoms with Crippen molar-refractivity contribution in [1.29, 1.82) is 0 Å². The van der Waals surface area contributed by atoms with Crippen LogP contribution in [0.15, 0.2) is 42.5 Å². The van der Waals surface area contributed by atoms with E-state index in [1.54, 1.807) is 63.2 Å². The summed E-state index contributed by atoms with van der Waals surface area (Å²) < 4.78 is 5.77. The summed E-state index contributed by atoms with van der Waals surface area (Å²) >= 11 is 6.08. The van der Waals surface area contributed by atoms with Gasteiger partial charge in [0.1, 0.15) is 5.75 Å². The average Bonchev–Trinajstić information content (AvgIpc) is 2.58. The van der Waals surface area contributed by atoms with Gasteiger partial charge in [0.05, 0.1) is 5.56 Å². The van der Waals surface area contributed by atoms with Gasteiger partial charge in [-0.25, -0.2) is 4.79 Å². The third-order valence-corrected chi connectivity index (χ3v) is 3.98. The summed E-state index contributed by atoms with van der Waals surface area (Å²) in [6, 6.07) is 11.9. The number of aliphatic carboxylic acids is 1. The highest BCUT2D eigenvalue weighted by molar-refractivity contribution is 6.30. The number of amides is 1. The molecule has 0 saturated carbocycles. The lowest BCUT2D eigenvalue weighted by molar-refractivity contribution is -0.150. The van der Waals surface area contributed by atoms with Crippen LogP contribution in [0.1, 0.15) is 38.8 Å². The van der Waals surface area contributed by atoms with Crippen molar-refractivity contribution in [3.05, 3.63) is 58.6 Å². The largest absolute Gasteiger partial charge is 0.478 e. The van der Waals surface area contributed by atoms with Crippen LogP contribution in [-0.2, 0) is 9.59 Å². The first-order chi connectivity index (χ1) is 13.1. The summed E-state index contributed by atoms with van der Waals surface area (Å²) in [6.07, 6.45) is -1.04. The van der Waals surface area contributed by atoms with E-state index in [9.17, 15) is 14.7 Å². The topological polar surface area (TPSA) is 75.6 Å². The number of anilines is 1. The molecule has 0 heterocycles. The summed E-state index contributed by atoms with van der Waals surface area (Å²) in [4.78, 5) is 22.7. The van der Waals surface area contributed by atoms with E-state index in [-0.39, 0.29) is 5.91 Å². The molecule has 2 aromatic carbocycles. The van der Waals surface area contributed by atoms with Crippen LogP contribution in [0.3, 0.4) is 0 Å². The molecule has 2 rings (SSSR count). The lowest BCUT2D eigenvalue weighted by atomic mass is 9.89.